The first-order valence-electron chi connectivity index (χ1n) is 5.72. The summed E-state index contributed by atoms with van der Waals surface area (Å²) in [7, 11) is 0. The summed E-state index contributed by atoms with van der Waals surface area (Å²) in [6.45, 7) is 0. The van der Waals surface area contributed by atoms with Crippen LogP contribution in [0.1, 0.15) is 29.1 Å². The predicted octanol–water partition coefficient (Wildman–Crippen LogP) is 3.29. The molecule has 1 saturated carbocycles. The van der Waals surface area contributed by atoms with Gasteiger partial charge in [0.15, 0.2) is 0 Å². The van der Waals surface area contributed by atoms with Crippen LogP contribution in [-0.4, -0.2) is 4.98 Å². The van der Waals surface area contributed by atoms with E-state index in [9.17, 15) is 0 Å². The van der Waals surface area contributed by atoms with Gasteiger partial charge in [-0.15, -0.1) is 11.3 Å². The Morgan fingerprint density at radius 1 is 1.29 bits per heavy atom. The minimum atomic E-state index is 0.152. The van der Waals surface area contributed by atoms with Crippen LogP contribution in [0, 0.1) is 11.3 Å². The largest absolute Gasteiger partial charge is 0.244 e. The summed E-state index contributed by atoms with van der Waals surface area (Å²) in [6.07, 6.45) is 2.77. The lowest BCUT2D eigenvalue weighted by Gasteiger charge is -2.11. The molecule has 0 unspecified atom stereocenters. The van der Waals surface area contributed by atoms with Crippen molar-refractivity contribution in [3.8, 4) is 6.07 Å². The van der Waals surface area contributed by atoms with Crippen LogP contribution < -0.4 is 0 Å². The molecule has 1 aliphatic rings. The number of nitriles is 1. The molecule has 17 heavy (non-hydrogen) atoms. The van der Waals surface area contributed by atoms with Gasteiger partial charge < -0.3 is 0 Å². The second-order valence-electron chi connectivity index (χ2n) is 4.43. The molecular weight excluding hydrogens is 228 g/mol. The van der Waals surface area contributed by atoms with Crippen molar-refractivity contribution < 1.29 is 0 Å². The molecule has 1 heterocycles. The van der Waals surface area contributed by atoms with Gasteiger partial charge in [0.05, 0.1) is 18.2 Å². The predicted molar refractivity (Wildman–Crippen MR) is 67.9 cm³/mol. The lowest BCUT2D eigenvalue weighted by molar-refractivity contribution is 0.825. The van der Waals surface area contributed by atoms with Gasteiger partial charge in [0, 0.05) is 10.8 Å². The van der Waals surface area contributed by atoms with Crippen LogP contribution >= 0.6 is 11.3 Å². The SMILES string of the molecule is N#CCc1csc(C2(c3ccccc3)CC2)n1. The molecule has 2 aromatic rings. The summed E-state index contributed by atoms with van der Waals surface area (Å²) in [6, 6.07) is 12.7. The Bertz CT molecular complexity index is 561. The maximum atomic E-state index is 8.68. The Labute approximate surface area is 105 Å². The molecule has 3 heteroatoms. The highest BCUT2D eigenvalue weighted by atomic mass is 32.1. The molecular formula is C14H12N2S. The van der Waals surface area contributed by atoms with Crippen LogP contribution in [0.15, 0.2) is 35.7 Å². The summed E-state index contributed by atoms with van der Waals surface area (Å²) < 4.78 is 0. The quantitative estimate of drug-likeness (QED) is 0.825. The Hall–Kier alpha value is -1.66. The highest BCUT2D eigenvalue weighted by Gasteiger charge is 2.48. The molecule has 84 valence electrons. The first kappa shape index (κ1) is 10.5. The van der Waals surface area contributed by atoms with E-state index in [1.165, 1.54) is 23.4 Å². The van der Waals surface area contributed by atoms with Crippen molar-refractivity contribution in [1.29, 1.82) is 5.26 Å². The van der Waals surface area contributed by atoms with Crippen LogP contribution in [0.25, 0.3) is 0 Å². The molecule has 0 aliphatic heterocycles. The van der Waals surface area contributed by atoms with Crippen molar-refractivity contribution in [2.75, 3.05) is 0 Å². The summed E-state index contributed by atoms with van der Waals surface area (Å²) >= 11 is 1.69. The lowest BCUT2D eigenvalue weighted by Crippen LogP contribution is -2.08. The fourth-order valence-corrected chi connectivity index (χ4v) is 3.30. The van der Waals surface area contributed by atoms with E-state index in [0.29, 0.717) is 6.42 Å². The Balaban J connectivity index is 1.96. The fourth-order valence-electron chi connectivity index (χ4n) is 2.20. The maximum absolute atomic E-state index is 8.68. The standard InChI is InChI=1S/C14H12N2S/c15-9-6-12-10-17-13(16-12)14(7-8-14)11-4-2-1-3-5-11/h1-5,10H,6-8H2. The van der Waals surface area contributed by atoms with E-state index in [1.807, 2.05) is 11.4 Å². The van der Waals surface area contributed by atoms with Crippen molar-refractivity contribution in [2.45, 2.75) is 24.7 Å². The zero-order chi connectivity index (χ0) is 11.7. The molecule has 2 nitrogen and oxygen atoms in total. The number of thiazole rings is 1. The molecule has 0 amide bonds. The number of hydrogen-bond donors (Lipinski definition) is 0. The molecule has 1 fully saturated rings. The average Bonchev–Trinajstić information content (AvgIpc) is 3.06. The van der Waals surface area contributed by atoms with Gasteiger partial charge in [0.2, 0.25) is 0 Å². The highest BCUT2D eigenvalue weighted by molar-refractivity contribution is 7.09. The minimum Gasteiger partial charge on any atom is -0.244 e. The molecule has 0 spiro atoms. The van der Waals surface area contributed by atoms with Gasteiger partial charge in [-0.1, -0.05) is 30.3 Å². The normalized spacial score (nSPS) is 16.4. The topological polar surface area (TPSA) is 36.7 Å². The van der Waals surface area contributed by atoms with Crippen molar-refractivity contribution in [3.63, 3.8) is 0 Å². The van der Waals surface area contributed by atoms with Gasteiger partial charge in [-0.3, -0.25) is 0 Å². The van der Waals surface area contributed by atoms with E-state index >= 15 is 0 Å². The van der Waals surface area contributed by atoms with Crippen LogP contribution in [0.5, 0.6) is 0 Å². The second-order valence-corrected chi connectivity index (χ2v) is 5.29. The summed E-state index contributed by atoms with van der Waals surface area (Å²) in [5.74, 6) is 0. The van der Waals surface area contributed by atoms with Gasteiger partial charge in [-0.2, -0.15) is 5.26 Å². The van der Waals surface area contributed by atoms with Crippen LogP contribution in [0.4, 0.5) is 0 Å². The Morgan fingerprint density at radius 2 is 2.06 bits per heavy atom. The first-order valence-corrected chi connectivity index (χ1v) is 6.60. The molecule has 0 bridgehead atoms. The van der Waals surface area contributed by atoms with E-state index in [1.54, 1.807) is 11.3 Å². The number of benzene rings is 1. The monoisotopic (exact) mass is 240 g/mol. The van der Waals surface area contributed by atoms with E-state index in [-0.39, 0.29) is 5.41 Å². The molecule has 0 radical (unpaired) electrons. The third kappa shape index (κ3) is 1.75. The van der Waals surface area contributed by atoms with Gasteiger partial charge >= 0.3 is 0 Å². The first-order chi connectivity index (χ1) is 8.35. The fraction of sp³-hybridized carbons (Fsp3) is 0.286. The number of hydrogen-bond acceptors (Lipinski definition) is 3. The van der Waals surface area contributed by atoms with Crippen molar-refractivity contribution in [1.82, 2.24) is 4.98 Å². The maximum Gasteiger partial charge on any atom is 0.103 e. The molecule has 0 saturated heterocycles. The zero-order valence-corrected chi connectivity index (χ0v) is 10.2. The average molecular weight is 240 g/mol. The molecule has 0 atom stereocenters. The van der Waals surface area contributed by atoms with Crippen molar-refractivity contribution in [2.24, 2.45) is 0 Å². The lowest BCUT2D eigenvalue weighted by atomic mass is 9.97. The van der Waals surface area contributed by atoms with E-state index in [0.717, 1.165) is 5.69 Å². The molecule has 3 rings (SSSR count). The summed E-state index contributed by atoms with van der Waals surface area (Å²) in [5.41, 5.74) is 2.42. The van der Waals surface area contributed by atoms with Crippen molar-refractivity contribution >= 4 is 11.3 Å². The van der Waals surface area contributed by atoms with E-state index in [2.05, 4.69) is 35.3 Å². The van der Waals surface area contributed by atoms with Gasteiger partial charge in [-0.25, -0.2) is 4.98 Å². The molecule has 1 aliphatic carbocycles. The number of nitrogens with zero attached hydrogens (tertiary/aromatic N) is 2. The van der Waals surface area contributed by atoms with Crippen LogP contribution in [-0.2, 0) is 11.8 Å². The molecule has 0 N–H and O–H groups in total. The summed E-state index contributed by atoms with van der Waals surface area (Å²) in [4.78, 5) is 4.61. The Morgan fingerprint density at radius 3 is 2.71 bits per heavy atom. The third-order valence-corrected chi connectivity index (χ3v) is 4.39. The van der Waals surface area contributed by atoms with Gasteiger partial charge in [0.1, 0.15) is 5.01 Å². The van der Waals surface area contributed by atoms with Gasteiger partial charge in [-0.05, 0) is 18.4 Å². The zero-order valence-electron chi connectivity index (χ0n) is 9.39. The van der Waals surface area contributed by atoms with Crippen LogP contribution in [0.3, 0.4) is 0 Å². The Kier molecular flexibility index (Phi) is 2.45. The minimum absolute atomic E-state index is 0.152. The number of aromatic nitrogens is 1. The molecule has 1 aromatic heterocycles. The van der Waals surface area contributed by atoms with Gasteiger partial charge in [0.25, 0.3) is 0 Å². The molecule has 1 aromatic carbocycles. The number of rotatable bonds is 3. The van der Waals surface area contributed by atoms with Crippen LogP contribution in [0.2, 0.25) is 0 Å². The smallest absolute Gasteiger partial charge is 0.103 e. The second kappa shape index (κ2) is 3.97. The summed E-state index contributed by atoms with van der Waals surface area (Å²) in [5, 5.41) is 11.9. The van der Waals surface area contributed by atoms with E-state index < -0.39 is 0 Å². The highest BCUT2D eigenvalue weighted by Crippen LogP contribution is 2.54. The van der Waals surface area contributed by atoms with E-state index in [4.69, 9.17) is 5.26 Å². The third-order valence-electron chi connectivity index (χ3n) is 3.30. The van der Waals surface area contributed by atoms with Crippen molar-refractivity contribution in [3.05, 3.63) is 52.0 Å².